The molecule has 0 radical (unpaired) electrons. The summed E-state index contributed by atoms with van der Waals surface area (Å²) in [7, 11) is 0. The Hall–Kier alpha value is -2.63. The summed E-state index contributed by atoms with van der Waals surface area (Å²) in [4.78, 5) is 23.2. The number of hydrogen-bond donors (Lipinski definition) is 1. The van der Waals surface area contributed by atoms with Crippen LogP contribution < -0.4 is 15.0 Å². The van der Waals surface area contributed by atoms with Crippen molar-refractivity contribution in [3.63, 3.8) is 0 Å². The molecule has 2 aliphatic heterocycles. The van der Waals surface area contributed by atoms with E-state index in [2.05, 4.69) is 20.2 Å². The van der Waals surface area contributed by atoms with E-state index in [0.29, 0.717) is 5.56 Å². The Morgan fingerprint density at radius 2 is 2.12 bits per heavy atom. The molecule has 1 aromatic heterocycles. The first-order valence-electron chi connectivity index (χ1n) is 8.80. The Kier molecular flexibility index (Phi) is 4.26. The molecule has 6 nitrogen and oxygen atoms in total. The van der Waals surface area contributed by atoms with Crippen molar-refractivity contribution in [1.82, 2.24) is 15.3 Å². The number of piperidine rings is 1. The van der Waals surface area contributed by atoms with E-state index in [1.165, 1.54) is 0 Å². The quantitative estimate of drug-likeness (QED) is 0.929. The number of hydrogen-bond acceptors (Lipinski definition) is 5. The summed E-state index contributed by atoms with van der Waals surface area (Å²) in [5, 5.41) is 3.17. The summed E-state index contributed by atoms with van der Waals surface area (Å²) in [6, 6.07) is 5.91. The number of carbonyl (C=O) groups excluding carboxylic acids is 1. The van der Waals surface area contributed by atoms with Crippen LogP contribution in [0.3, 0.4) is 0 Å². The summed E-state index contributed by atoms with van der Waals surface area (Å²) >= 11 is 0. The second-order valence-corrected chi connectivity index (χ2v) is 6.75. The molecule has 1 aromatic carbocycles. The number of nitrogens with one attached hydrogen (secondary N) is 1. The van der Waals surface area contributed by atoms with Gasteiger partial charge in [0.15, 0.2) is 0 Å². The smallest absolute Gasteiger partial charge is 0.251 e. The molecule has 3 heterocycles. The molecule has 2 aliphatic rings. The Morgan fingerprint density at radius 1 is 1.28 bits per heavy atom. The fourth-order valence-electron chi connectivity index (χ4n) is 3.54. The molecule has 2 aromatic rings. The highest BCUT2D eigenvalue weighted by molar-refractivity contribution is 5.94. The van der Waals surface area contributed by atoms with Crippen LogP contribution in [0.25, 0.3) is 0 Å². The van der Waals surface area contributed by atoms with Crippen LogP contribution >= 0.6 is 0 Å². The maximum atomic E-state index is 12.6. The van der Waals surface area contributed by atoms with Crippen LogP contribution in [0.15, 0.2) is 36.8 Å². The van der Waals surface area contributed by atoms with Crippen molar-refractivity contribution in [3.8, 4) is 5.75 Å². The Labute approximate surface area is 147 Å². The molecule has 1 amide bonds. The molecule has 0 spiro atoms. The van der Waals surface area contributed by atoms with Gasteiger partial charge in [0.25, 0.3) is 5.91 Å². The van der Waals surface area contributed by atoms with E-state index in [1.54, 1.807) is 18.6 Å². The van der Waals surface area contributed by atoms with Crippen LogP contribution in [0, 0.1) is 0 Å². The van der Waals surface area contributed by atoms with Crippen molar-refractivity contribution < 1.29 is 9.53 Å². The number of ether oxygens (including phenoxy) is 1. The third-order valence-electron chi connectivity index (χ3n) is 4.86. The van der Waals surface area contributed by atoms with Crippen LogP contribution in [0.2, 0.25) is 0 Å². The van der Waals surface area contributed by atoms with Gasteiger partial charge >= 0.3 is 0 Å². The number of aromatic nitrogens is 2. The number of amides is 1. The largest absolute Gasteiger partial charge is 0.490 e. The number of anilines is 1. The molecule has 6 heteroatoms. The van der Waals surface area contributed by atoms with Crippen LogP contribution in [-0.4, -0.2) is 41.1 Å². The summed E-state index contributed by atoms with van der Waals surface area (Å²) in [6.07, 6.45) is 8.06. The van der Waals surface area contributed by atoms with Gasteiger partial charge in [0, 0.05) is 43.5 Å². The maximum Gasteiger partial charge on any atom is 0.251 e. The molecular weight excluding hydrogens is 316 g/mol. The molecule has 0 saturated carbocycles. The number of rotatable bonds is 3. The zero-order valence-electron chi connectivity index (χ0n) is 14.3. The number of nitrogens with zero attached hydrogens (tertiary/aromatic N) is 3. The van der Waals surface area contributed by atoms with Crippen molar-refractivity contribution >= 4 is 11.7 Å². The number of carbonyl (C=O) groups is 1. The van der Waals surface area contributed by atoms with Crippen molar-refractivity contribution in [2.24, 2.45) is 0 Å². The molecule has 1 atom stereocenters. The Morgan fingerprint density at radius 3 is 2.88 bits per heavy atom. The van der Waals surface area contributed by atoms with Crippen LogP contribution in [0.5, 0.6) is 5.75 Å². The minimum atomic E-state index is 0.000283. The zero-order chi connectivity index (χ0) is 17.2. The zero-order valence-corrected chi connectivity index (χ0v) is 14.3. The molecule has 0 unspecified atom stereocenters. The minimum Gasteiger partial charge on any atom is -0.490 e. The highest BCUT2D eigenvalue weighted by Crippen LogP contribution is 2.29. The van der Waals surface area contributed by atoms with Crippen molar-refractivity contribution in [1.29, 1.82) is 0 Å². The topological polar surface area (TPSA) is 67.4 Å². The fourth-order valence-corrected chi connectivity index (χ4v) is 3.54. The third-order valence-corrected chi connectivity index (χ3v) is 4.86. The second kappa shape index (κ2) is 6.70. The molecule has 0 aliphatic carbocycles. The van der Waals surface area contributed by atoms with Crippen molar-refractivity contribution in [2.75, 3.05) is 18.0 Å². The van der Waals surface area contributed by atoms with E-state index >= 15 is 0 Å². The average Bonchev–Trinajstić information content (AvgIpc) is 3.02. The standard InChI is InChI=1S/C19H22N4O2/c1-13-10-15-11-14(2-3-17(15)25-13)19(24)22-16-4-8-23(9-5-16)18-12-20-6-7-21-18/h2-3,6-7,11-13,16H,4-5,8-10H2,1H3,(H,22,24)/t13-/m0/s1. The van der Waals surface area contributed by atoms with Crippen molar-refractivity contribution in [3.05, 3.63) is 47.9 Å². The van der Waals surface area contributed by atoms with Gasteiger partial charge in [-0.3, -0.25) is 9.78 Å². The fraction of sp³-hybridized carbons (Fsp3) is 0.421. The summed E-state index contributed by atoms with van der Waals surface area (Å²) in [6.45, 7) is 3.79. The van der Waals surface area contributed by atoms with E-state index in [-0.39, 0.29) is 18.1 Å². The highest BCUT2D eigenvalue weighted by atomic mass is 16.5. The first-order chi connectivity index (χ1) is 12.2. The van der Waals surface area contributed by atoms with E-state index in [9.17, 15) is 4.79 Å². The van der Waals surface area contributed by atoms with E-state index in [4.69, 9.17) is 4.74 Å². The summed E-state index contributed by atoms with van der Waals surface area (Å²) in [5.74, 6) is 1.81. The van der Waals surface area contributed by atoms with Gasteiger partial charge in [-0.2, -0.15) is 0 Å². The molecular formula is C19H22N4O2. The van der Waals surface area contributed by atoms with Crippen LogP contribution in [-0.2, 0) is 6.42 Å². The molecule has 0 bridgehead atoms. The second-order valence-electron chi connectivity index (χ2n) is 6.75. The lowest BCUT2D eigenvalue weighted by atomic mass is 10.0. The SMILES string of the molecule is C[C@H]1Cc2cc(C(=O)NC3CCN(c4cnccn4)CC3)ccc2O1. The molecule has 1 fully saturated rings. The van der Waals surface area contributed by atoms with Gasteiger partial charge < -0.3 is 15.0 Å². The van der Waals surface area contributed by atoms with Gasteiger partial charge in [-0.05, 0) is 43.5 Å². The molecule has 1 N–H and O–H groups in total. The predicted molar refractivity (Wildman–Crippen MR) is 95.0 cm³/mol. The van der Waals surface area contributed by atoms with Crippen LogP contribution in [0.4, 0.5) is 5.82 Å². The highest BCUT2D eigenvalue weighted by Gasteiger charge is 2.24. The maximum absolute atomic E-state index is 12.6. The first-order valence-corrected chi connectivity index (χ1v) is 8.80. The summed E-state index contributed by atoms with van der Waals surface area (Å²) in [5.41, 5.74) is 1.84. The summed E-state index contributed by atoms with van der Waals surface area (Å²) < 4.78 is 5.70. The molecule has 130 valence electrons. The Balaban J connectivity index is 1.34. The lowest BCUT2D eigenvalue weighted by molar-refractivity contribution is 0.0931. The van der Waals surface area contributed by atoms with Gasteiger partial charge in [0.2, 0.25) is 0 Å². The monoisotopic (exact) mass is 338 g/mol. The Bertz CT molecular complexity index is 757. The van der Waals surface area contributed by atoms with Crippen LogP contribution in [0.1, 0.15) is 35.7 Å². The number of benzene rings is 1. The molecule has 4 rings (SSSR count). The van der Waals surface area contributed by atoms with Gasteiger partial charge in [-0.15, -0.1) is 0 Å². The van der Waals surface area contributed by atoms with Gasteiger partial charge in [0.05, 0.1) is 6.20 Å². The van der Waals surface area contributed by atoms with E-state index in [0.717, 1.165) is 49.5 Å². The average molecular weight is 338 g/mol. The lowest BCUT2D eigenvalue weighted by Gasteiger charge is -2.32. The third kappa shape index (κ3) is 3.43. The van der Waals surface area contributed by atoms with E-state index < -0.39 is 0 Å². The predicted octanol–water partition coefficient (Wildman–Crippen LogP) is 2.20. The first kappa shape index (κ1) is 15.9. The number of fused-ring (bicyclic) bond motifs is 1. The van der Waals surface area contributed by atoms with Gasteiger partial charge in [-0.25, -0.2) is 4.98 Å². The normalized spacial score (nSPS) is 20.0. The van der Waals surface area contributed by atoms with Crippen molar-refractivity contribution in [2.45, 2.75) is 38.3 Å². The molecule has 1 saturated heterocycles. The molecule has 25 heavy (non-hydrogen) atoms. The lowest BCUT2D eigenvalue weighted by Crippen LogP contribution is -2.45. The minimum absolute atomic E-state index is 0.000283. The van der Waals surface area contributed by atoms with E-state index in [1.807, 2.05) is 25.1 Å². The van der Waals surface area contributed by atoms with Gasteiger partial charge in [-0.1, -0.05) is 0 Å². The van der Waals surface area contributed by atoms with Gasteiger partial charge in [0.1, 0.15) is 17.7 Å².